The van der Waals surface area contributed by atoms with E-state index in [0.717, 1.165) is 9.87 Å². The van der Waals surface area contributed by atoms with Crippen molar-refractivity contribution in [1.82, 2.24) is 10.2 Å². The van der Waals surface area contributed by atoms with Crippen molar-refractivity contribution in [2.45, 2.75) is 38.3 Å². The summed E-state index contributed by atoms with van der Waals surface area (Å²) in [5.41, 5.74) is 1.40. The highest BCUT2D eigenvalue weighted by Gasteiger charge is 2.34. The van der Waals surface area contributed by atoms with Crippen LogP contribution < -0.4 is 14.4 Å². The molecule has 11 heteroatoms. The minimum Gasteiger partial charge on any atom is -0.495 e. The van der Waals surface area contributed by atoms with Crippen LogP contribution in [0.5, 0.6) is 5.75 Å². The molecule has 0 fully saturated rings. The number of carbonyl (C=O) groups is 2. The molecule has 0 unspecified atom stereocenters. The Kier molecular flexibility index (Phi) is 10.2. The normalized spacial score (nSPS) is 11.9. The van der Waals surface area contributed by atoms with E-state index in [0.29, 0.717) is 22.2 Å². The molecular weight excluding hydrogens is 561 g/mol. The largest absolute Gasteiger partial charge is 0.495 e. The van der Waals surface area contributed by atoms with Crippen molar-refractivity contribution in [2.75, 3.05) is 24.5 Å². The second-order valence-corrected chi connectivity index (χ2v) is 11.5. The lowest BCUT2D eigenvalue weighted by atomic mass is 10.1. The Hall–Kier alpha value is -3.27. The molecule has 3 rings (SSSR count). The van der Waals surface area contributed by atoms with Crippen LogP contribution >= 0.6 is 23.2 Å². The first kappa shape index (κ1) is 30.3. The highest BCUT2D eigenvalue weighted by Crippen LogP contribution is 2.34. The van der Waals surface area contributed by atoms with E-state index in [9.17, 15) is 18.0 Å². The maximum absolute atomic E-state index is 14.0. The van der Waals surface area contributed by atoms with Crippen LogP contribution in [0.4, 0.5) is 5.69 Å². The summed E-state index contributed by atoms with van der Waals surface area (Å²) in [5, 5.41) is 3.35. The van der Waals surface area contributed by atoms with Crippen molar-refractivity contribution >= 4 is 50.7 Å². The van der Waals surface area contributed by atoms with Crippen molar-refractivity contribution in [1.29, 1.82) is 0 Å². The molecule has 1 atom stereocenters. The summed E-state index contributed by atoms with van der Waals surface area (Å²) in [4.78, 5) is 28.1. The van der Waals surface area contributed by atoms with Gasteiger partial charge in [0.05, 0.1) is 17.7 Å². The fourth-order valence-electron chi connectivity index (χ4n) is 3.99. The highest BCUT2D eigenvalue weighted by molar-refractivity contribution is 7.92. The van der Waals surface area contributed by atoms with Crippen LogP contribution in [0.25, 0.3) is 0 Å². The summed E-state index contributed by atoms with van der Waals surface area (Å²) < 4.78 is 34.3. The van der Waals surface area contributed by atoms with Gasteiger partial charge in [0.2, 0.25) is 11.8 Å². The van der Waals surface area contributed by atoms with Gasteiger partial charge in [-0.05, 0) is 62.7 Å². The fourth-order valence-corrected chi connectivity index (χ4v) is 5.94. The van der Waals surface area contributed by atoms with E-state index < -0.39 is 34.4 Å². The van der Waals surface area contributed by atoms with Gasteiger partial charge < -0.3 is 15.0 Å². The van der Waals surface area contributed by atoms with Gasteiger partial charge in [-0.15, -0.1) is 0 Å². The van der Waals surface area contributed by atoms with E-state index in [4.69, 9.17) is 27.9 Å². The van der Waals surface area contributed by atoms with Crippen molar-refractivity contribution in [3.05, 3.63) is 87.9 Å². The Morgan fingerprint density at radius 1 is 1.00 bits per heavy atom. The first-order chi connectivity index (χ1) is 18.5. The summed E-state index contributed by atoms with van der Waals surface area (Å²) in [5.74, 6) is -0.766. The number of aryl methyl sites for hydroxylation is 1. The van der Waals surface area contributed by atoms with E-state index in [1.807, 2.05) is 0 Å². The van der Waals surface area contributed by atoms with Crippen LogP contribution in [0.2, 0.25) is 10.0 Å². The maximum atomic E-state index is 14.0. The van der Waals surface area contributed by atoms with E-state index >= 15 is 0 Å². The predicted molar refractivity (Wildman–Crippen MR) is 154 cm³/mol. The van der Waals surface area contributed by atoms with Gasteiger partial charge in [-0.2, -0.15) is 0 Å². The predicted octanol–water partition coefficient (Wildman–Crippen LogP) is 5.06. The number of benzene rings is 3. The molecule has 39 heavy (non-hydrogen) atoms. The van der Waals surface area contributed by atoms with Crippen LogP contribution in [-0.4, -0.2) is 51.4 Å². The Morgan fingerprint density at radius 3 is 2.23 bits per heavy atom. The number of methoxy groups -OCH3 is 1. The second-order valence-electron chi connectivity index (χ2n) is 8.79. The molecule has 0 aliphatic carbocycles. The molecule has 0 aliphatic heterocycles. The van der Waals surface area contributed by atoms with E-state index in [1.54, 1.807) is 75.4 Å². The molecule has 0 bridgehead atoms. The Bertz CT molecular complexity index is 1410. The Balaban J connectivity index is 2.13. The number of sulfonamides is 1. The molecule has 0 saturated heterocycles. The summed E-state index contributed by atoms with van der Waals surface area (Å²) >= 11 is 12.8. The zero-order valence-electron chi connectivity index (χ0n) is 22.1. The van der Waals surface area contributed by atoms with Gasteiger partial charge in [-0.1, -0.05) is 53.5 Å². The number of anilines is 1. The Labute approximate surface area is 239 Å². The van der Waals surface area contributed by atoms with Gasteiger partial charge in [0.15, 0.2) is 0 Å². The molecule has 2 amide bonds. The molecule has 3 aromatic carbocycles. The summed E-state index contributed by atoms with van der Waals surface area (Å²) in [6.07, 6.45) is 0. The minimum absolute atomic E-state index is 0.00108. The van der Waals surface area contributed by atoms with Crippen LogP contribution in [0.15, 0.2) is 71.6 Å². The monoisotopic (exact) mass is 591 g/mol. The van der Waals surface area contributed by atoms with Gasteiger partial charge in [0.1, 0.15) is 18.3 Å². The third kappa shape index (κ3) is 7.03. The second kappa shape index (κ2) is 13.2. The van der Waals surface area contributed by atoms with Crippen LogP contribution in [0.3, 0.4) is 0 Å². The summed E-state index contributed by atoms with van der Waals surface area (Å²) in [6.45, 7) is 4.77. The van der Waals surface area contributed by atoms with E-state index in [2.05, 4.69) is 5.32 Å². The number of likely N-dealkylation sites (N-methyl/N-ethyl adjacent to an activating group) is 1. The van der Waals surface area contributed by atoms with E-state index in [1.165, 1.54) is 24.1 Å². The zero-order chi connectivity index (χ0) is 28.7. The van der Waals surface area contributed by atoms with Gasteiger partial charge in [0.25, 0.3) is 10.0 Å². The molecule has 3 aromatic rings. The average Bonchev–Trinajstić information content (AvgIpc) is 2.91. The molecule has 1 N–H and O–H groups in total. The quantitative estimate of drug-likeness (QED) is 0.336. The van der Waals surface area contributed by atoms with Gasteiger partial charge in [0, 0.05) is 28.7 Å². The van der Waals surface area contributed by atoms with Crippen molar-refractivity contribution in [2.24, 2.45) is 0 Å². The Morgan fingerprint density at radius 2 is 1.64 bits per heavy atom. The lowest BCUT2D eigenvalue weighted by molar-refractivity contribution is -0.139. The minimum atomic E-state index is -4.22. The van der Waals surface area contributed by atoms with Crippen LogP contribution in [0, 0.1) is 6.92 Å². The summed E-state index contributed by atoms with van der Waals surface area (Å²) in [7, 11) is -2.80. The molecule has 0 aliphatic rings. The van der Waals surface area contributed by atoms with Gasteiger partial charge in [-0.25, -0.2) is 8.42 Å². The molecule has 208 valence electrons. The van der Waals surface area contributed by atoms with Gasteiger partial charge >= 0.3 is 0 Å². The smallest absolute Gasteiger partial charge is 0.264 e. The molecule has 0 aromatic heterocycles. The molecule has 0 radical (unpaired) electrons. The maximum Gasteiger partial charge on any atom is 0.264 e. The number of carbonyl (C=O) groups excluding carboxylic acids is 2. The van der Waals surface area contributed by atoms with E-state index in [-0.39, 0.29) is 22.9 Å². The number of hydrogen-bond donors (Lipinski definition) is 1. The number of halogens is 2. The lowest BCUT2D eigenvalue weighted by Crippen LogP contribution is -2.51. The number of hydrogen-bond acceptors (Lipinski definition) is 5. The number of nitrogens with one attached hydrogen (secondary N) is 1. The highest BCUT2D eigenvalue weighted by atomic mass is 35.5. The van der Waals surface area contributed by atoms with Crippen LogP contribution in [-0.2, 0) is 26.2 Å². The fraction of sp³-hybridized carbons (Fsp3) is 0.286. The molecule has 0 heterocycles. The summed E-state index contributed by atoms with van der Waals surface area (Å²) in [6, 6.07) is 16.8. The van der Waals surface area contributed by atoms with Crippen LogP contribution in [0.1, 0.15) is 25.0 Å². The third-order valence-corrected chi connectivity index (χ3v) is 8.60. The molecule has 8 nitrogen and oxygen atoms in total. The van der Waals surface area contributed by atoms with Crippen molar-refractivity contribution in [3.63, 3.8) is 0 Å². The number of amides is 2. The molecule has 0 spiro atoms. The topological polar surface area (TPSA) is 96.0 Å². The van der Waals surface area contributed by atoms with Gasteiger partial charge in [-0.3, -0.25) is 13.9 Å². The van der Waals surface area contributed by atoms with Crippen molar-refractivity contribution in [3.8, 4) is 5.75 Å². The number of rotatable bonds is 11. The number of nitrogens with zero attached hydrogens (tertiary/aromatic N) is 2. The third-order valence-electron chi connectivity index (χ3n) is 6.12. The lowest BCUT2D eigenvalue weighted by Gasteiger charge is -2.32. The molecule has 0 saturated carbocycles. The zero-order valence-corrected chi connectivity index (χ0v) is 24.5. The SMILES string of the molecule is CCNC(=O)[C@H](C)N(Cc1c(Cl)cccc1Cl)C(=O)CN(c1cc(C)ccc1OC)S(=O)(=O)c1ccccc1. The first-order valence-corrected chi connectivity index (χ1v) is 14.4. The van der Waals surface area contributed by atoms with Crippen molar-refractivity contribution < 1.29 is 22.7 Å². The first-order valence-electron chi connectivity index (χ1n) is 12.2. The standard InChI is InChI=1S/C28H31Cl2N3O5S/c1-5-31-28(35)20(3)32(17-22-23(29)12-9-13-24(22)30)27(34)18-33(25-16-19(2)14-15-26(25)38-4)39(36,37)21-10-7-6-8-11-21/h6-16,20H,5,17-18H2,1-4H3,(H,31,35)/t20-/m0/s1. The number of ether oxygens (including phenoxy) is 1. The average molecular weight is 593 g/mol. The molecular formula is C28H31Cl2N3O5S.